The molecular weight excluding hydrogens is 566 g/mol. The Labute approximate surface area is 274 Å². The molecule has 1 aliphatic carbocycles. The van der Waals surface area contributed by atoms with Crippen LogP contribution >= 0.6 is 0 Å². The largest absolute Gasteiger partial charge is 0.394 e. The third-order valence-corrected chi connectivity index (χ3v) is 8.98. The van der Waals surface area contributed by atoms with Gasteiger partial charge >= 0.3 is 0 Å². The molecule has 1 amide bonds. The van der Waals surface area contributed by atoms with Crippen LogP contribution in [0.5, 0.6) is 0 Å². The van der Waals surface area contributed by atoms with Crippen molar-refractivity contribution in [1.29, 1.82) is 0 Å². The van der Waals surface area contributed by atoms with Crippen molar-refractivity contribution in [3.63, 3.8) is 0 Å². The van der Waals surface area contributed by atoms with Gasteiger partial charge in [0.2, 0.25) is 5.91 Å². The summed E-state index contributed by atoms with van der Waals surface area (Å²) in [4.78, 5) is 24.8. The van der Waals surface area contributed by atoms with Gasteiger partial charge in [-0.3, -0.25) is 9.59 Å². The number of hydrogen-bond donors (Lipinski definition) is 5. The first-order chi connectivity index (χ1) is 21.8. The quantitative estimate of drug-likeness (QED) is 0.0456. The third-order valence-electron chi connectivity index (χ3n) is 8.98. The lowest BCUT2D eigenvalue weighted by atomic mass is 9.88. The number of rotatable bonds is 28. The van der Waals surface area contributed by atoms with Crippen molar-refractivity contribution in [2.75, 3.05) is 6.61 Å². The Morgan fingerprint density at radius 3 is 2.16 bits per heavy atom. The second-order valence-electron chi connectivity index (χ2n) is 13.1. The number of aliphatic hydroxyl groups excluding tert-OH is 4. The van der Waals surface area contributed by atoms with Crippen molar-refractivity contribution in [2.45, 2.75) is 173 Å². The van der Waals surface area contributed by atoms with Crippen LogP contribution in [0, 0.1) is 11.8 Å². The lowest BCUT2D eigenvalue weighted by Gasteiger charge is -2.20. The Morgan fingerprint density at radius 2 is 1.47 bits per heavy atom. The summed E-state index contributed by atoms with van der Waals surface area (Å²) in [6, 6.07) is -0.711. The van der Waals surface area contributed by atoms with Crippen LogP contribution < -0.4 is 5.32 Å². The van der Waals surface area contributed by atoms with E-state index in [9.17, 15) is 30.0 Å². The van der Waals surface area contributed by atoms with Crippen molar-refractivity contribution in [1.82, 2.24) is 5.32 Å². The van der Waals surface area contributed by atoms with Gasteiger partial charge in [0.15, 0.2) is 0 Å². The molecule has 6 atom stereocenters. The van der Waals surface area contributed by atoms with Gasteiger partial charge in [-0.1, -0.05) is 121 Å². The average molecular weight is 634 g/mol. The van der Waals surface area contributed by atoms with Crippen molar-refractivity contribution < 1.29 is 30.0 Å². The highest BCUT2D eigenvalue weighted by Gasteiger charge is 2.39. The smallest absolute Gasteiger partial charge is 0.220 e. The zero-order valence-corrected chi connectivity index (χ0v) is 28.6. The molecule has 0 spiro atoms. The van der Waals surface area contributed by atoms with E-state index >= 15 is 0 Å². The summed E-state index contributed by atoms with van der Waals surface area (Å²) in [6.07, 6.45) is 29.8. The first kappa shape index (κ1) is 41.2. The van der Waals surface area contributed by atoms with Crippen molar-refractivity contribution >= 4 is 11.7 Å². The van der Waals surface area contributed by atoms with Crippen LogP contribution in [-0.2, 0) is 9.59 Å². The minimum Gasteiger partial charge on any atom is -0.394 e. The Balaban J connectivity index is 2.20. The van der Waals surface area contributed by atoms with Gasteiger partial charge < -0.3 is 25.7 Å². The van der Waals surface area contributed by atoms with E-state index in [4.69, 9.17) is 0 Å². The molecule has 0 heterocycles. The van der Waals surface area contributed by atoms with Crippen LogP contribution in [0.15, 0.2) is 36.5 Å². The SMILES string of the molecule is CCC/C=C\CCCCCCCC/C=C/[C@@H](O)[C@H](CO)NC(=O)CCCCCC[C@H]1[C@@H](O)CC(=O)[C@@H]1/C=C/[C@@H](O)CCCCC. The van der Waals surface area contributed by atoms with E-state index in [0.717, 1.165) is 57.8 Å². The van der Waals surface area contributed by atoms with Crippen LogP contribution in [0.1, 0.15) is 149 Å². The molecule has 0 aromatic carbocycles. The molecule has 0 bridgehead atoms. The number of carbonyl (C=O) groups is 2. The van der Waals surface area contributed by atoms with E-state index in [2.05, 4.69) is 31.3 Å². The standard InChI is InChI=1S/C38H67NO6/c1-3-5-7-8-9-10-11-12-13-14-15-16-21-25-35(42)34(30-40)39-38(45)26-22-18-17-20-24-32-33(37(44)29-36(32)43)28-27-31(41)23-19-6-4-2/h7-8,21,25,27-28,31-36,40-43H,3-6,9-20,22-24,26,29-30H2,1-2H3,(H,39,45)/b8-7-,25-21+,28-27+/t31-,32+,33+,34-,35+,36-/m0/s1. The Hall–Kier alpha value is -1.80. The highest BCUT2D eigenvalue weighted by atomic mass is 16.3. The molecule has 0 aromatic rings. The van der Waals surface area contributed by atoms with E-state index < -0.39 is 24.4 Å². The second kappa shape index (κ2) is 27.3. The van der Waals surface area contributed by atoms with E-state index in [1.54, 1.807) is 12.2 Å². The normalized spacial score (nSPS) is 20.9. The van der Waals surface area contributed by atoms with Gasteiger partial charge in [0.25, 0.3) is 0 Å². The van der Waals surface area contributed by atoms with Crippen LogP contribution in [0.2, 0.25) is 0 Å². The van der Waals surface area contributed by atoms with Gasteiger partial charge in [-0.2, -0.15) is 0 Å². The fourth-order valence-electron chi connectivity index (χ4n) is 6.08. The molecule has 7 heteroatoms. The molecule has 0 aromatic heterocycles. The summed E-state index contributed by atoms with van der Waals surface area (Å²) in [5.41, 5.74) is 0. The molecule has 5 N–H and O–H groups in total. The van der Waals surface area contributed by atoms with Crippen LogP contribution in [0.25, 0.3) is 0 Å². The minimum atomic E-state index is -0.917. The second-order valence-corrected chi connectivity index (χ2v) is 13.1. The van der Waals surface area contributed by atoms with Gasteiger partial charge in [-0.15, -0.1) is 0 Å². The highest BCUT2D eigenvalue weighted by Crippen LogP contribution is 2.34. The summed E-state index contributed by atoms with van der Waals surface area (Å²) < 4.78 is 0. The summed E-state index contributed by atoms with van der Waals surface area (Å²) in [6.45, 7) is 4.00. The number of ketones is 1. The summed E-state index contributed by atoms with van der Waals surface area (Å²) >= 11 is 0. The lowest BCUT2D eigenvalue weighted by molar-refractivity contribution is -0.123. The first-order valence-electron chi connectivity index (χ1n) is 18.3. The predicted octanol–water partition coefficient (Wildman–Crippen LogP) is 7.26. The number of Topliss-reactive ketones (excluding diaryl/α,β-unsaturated/α-hetero) is 1. The number of amides is 1. The number of nitrogens with one attached hydrogen (secondary N) is 1. The molecule has 1 rings (SSSR count). The van der Waals surface area contributed by atoms with Crippen LogP contribution in [-0.4, -0.2) is 63.1 Å². The predicted molar refractivity (Wildman–Crippen MR) is 185 cm³/mol. The summed E-state index contributed by atoms with van der Waals surface area (Å²) in [7, 11) is 0. The molecule has 1 aliphatic rings. The molecular formula is C38H67NO6. The maximum absolute atomic E-state index is 12.4. The number of unbranched alkanes of at least 4 members (excludes halogenated alkanes) is 13. The number of allylic oxidation sites excluding steroid dienone is 4. The molecule has 45 heavy (non-hydrogen) atoms. The fourth-order valence-corrected chi connectivity index (χ4v) is 6.08. The Bertz CT molecular complexity index is 840. The van der Waals surface area contributed by atoms with E-state index in [0.29, 0.717) is 19.3 Å². The Morgan fingerprint density at radius 1 is 0.822 bits per heavy atom. The lowest BCUT2D eigenvalue weighted by Crippen LogP contribution is -2.45. The highest BCUT2D eigenvalue weighted by molar-refractivity contribution is 5.86. The van der Waals surface area contributed by atoms with Crippen LogP contribution in [0.3, 0.4) is 0 Å². The maximum atomic E-state index is 12.4. The first-order valence-corrected chi connectivity index (χ1v) is 18.3. The third kappa shape index (κ3) is 20.1. The van der Waals surface area contributed by atoms with Crippen molar-refractivity contribution in [3.8, 4) is 0 Å². The van der Waals surface area contributed by atoms with Crippen molar-refractivity contribution in [3.05, 3.63) is 36.5 Å². The van der Waals surface area contributed by atoms with Crippen LogP contribution in [0.4, 0.5) is 0 Å². The topological polar surface area (TPSA) is 127 Å². The van der Waals surface area contributed by atoms with Gasteiger partial charge in [0.1, 0.15) is 5.78 Å². The zero-order chi connectivity index (χ0) is 33.1. The molecule has 7 nitrogen and oxygen atoms in total. The Kier molecular flexibility index (Phi) is 25.0. The summed E-state index contributed by atoms with van der Waals surface area (Å²) in [5, 5.41) is 43.5. The molecule has 1 saturated carbocycles. The van der Waals surface area contributed by atoms with Gasteiger partial charge in [0, 0.05) is 18.8 Å². The van der Waals surface area contributed by atoms with Crippen molar-refractivity contribution in [2.24, 2.45) is 11.8 Å². The number of carbonyl (C=O) groups excluding carboxylic acids is 2. The minimum absolute atomic E-state index is 0.0453. The molecule has 0 unspecified atom stereocenters. The molecule has 0 saturated heterocycles. The van der Waals surface area contributed by atoms with E-state index in [1.165, 1.54) is 51.4 Å². The van der Waals surface area contributed by atoms with Gasteiger partial charge in [0.05, 0.1) is 31.0 Å². The number of aliphatic hydroxyl groups is 4. The maximum Gasteiger partial charge on any atom is 0.220 e. The fraction of sp³-hybridized carbons (Fsp3) is 0.789. The monoisotopic (exact) mass is 633 g/mol. The summed E-state index contributed by atoms with van der Waals surface area (Å²) in [5.74, 6) is -0.585. The van der Waals surface area contributed by atoms with E-state index in [1.807, 2.05) is 12.2 Å². The average Bonchev–Trinajstić information content (AvgIpc) is 3.29. The molecule has 0 aliphatic heterocycles. The van der Waals surface area contributed by atoms with Gasteiger partial charge in [-0.05, 0) is 57.3 Å². The van der Waals surface area contributed by atoms with E-state index in [-0.39, 0.29) is 36.6 Å². The number of hydrogen-bond acceptors (Lipinski definition) is 6. The van der Waals surface area contributed by atoms with Gasteiger partial charge in [-0.25, -0.2) is 0 Å². The molecule has 0 radical (unpaired) electrons. The molecule has 260 valence electrons. The zero-order valence-electron chi connectivity index (χ0n) is 28.6. The molecule has 1 fully saturated rings.